The van der Waals surface area contributed by atoms with Crippen molar-refractivity contribution in [2.45, 2.75) is 6.54 Å². The van der Waals surface area contributed by atoms with E-state index in [9.17, 15) is 4.79 Å². The van der Waals surface area contributed by atoms with E-state index in [4.69, 9.17) is 18.6 Å². The van der Waals surface area contributed by atoms with Gasteiger partial charge in [0.05, 0.1) is 32.8 Å². The minimum Gasteiger partial charge on any atom is -0.497 e. The van der Waals surface area contributed by atoms with Gasteiger partial charge in [0, 0.05) is 38.0 Å². The summed E-state index contributed by atoms with van der Waals surface area (Å²) in [6.07, 6.45) is 1.60. The third-order valence-electron chi connectivity index (χ3n) is 4.83. The number of pyridine rings is 1. The molecular formula is C21H23N3O5. The summed E-state index contributed by atoms with van der Waals surface area (Å²) in [5, 5.41) is 3.75. The van der Waals surface area contributed by atoms with Gasteiger partial charge in [-0.3, -0.25) is 4.79 Å². The number of aromatic nitrogens is 1. The predicted molar refractivity (Wildman–Crippen MR) is 110 cm³/mol. The molecule has 3 aromatic rings. The lowest BCUT2D eigenvalue weighted by Crippen LogP contribution is -2.36. The van der Waals surface area contributed by atoms with E-state index in [-0.39, 0.29) is 5.43 Å². The number of ether oxygens (including phenoxy) is 3. The van der Waals surface area contributed by atoms with E-state index in [1.54, 1.807) is 26.5 Å². The lowest BCUT2D eigenvalue weighted by molar-refractivity contribution is 0.121. The van der Waals surface area contributed by atoms with E-state index in [1.807, 2.05) is 23.1 Å². The van der Waals surface area contributed by atoms with Crippen LogP contribution >= 0.6 is 0 Å². The average Bonchev–Trinajstić information content (AvgIpc) is 2.78. The van der Waals surface area contributed by atoms with E-state index in [0.717, 1.165) is 5.56 Å². The molecule has 1 saturated heterocycles. The number of methoxy groups -OCH3 is 2. The fourth-order valence-corrected chi connectivity index (χ4v) is 3.29. The van der Waals surface area contributed by atoms with Crippen molar-refractivity contribution in [2.75, 3.05) is 50.7 Å². The molecule has 0 bridgehead atoms. The zero-order valence-corrected chi connectivity index (χ0v) is 16.4. The van der Waals surface area contributed by atoms with Crippen molar-refractivity contribution in [2.24, 2.45) is 0 Å². The molecule has 29 heavy (non-hydrogen) atoms. The first-order valence-electron chi connectivity index (χ1n) is 9.39. The Kier molecular flexibility index (Phi) is 5.53. The Bertz CT molecular complexity index is 1040. The molecule has 1 aromatic carbocycles. The molecule has 1 fully saturated rings. The Hall–Kier alpha value is -3.26. The van der Waals surface area contributed by atoms with Gasteiger partial charge in [-0.25, -0.2) is 4.98 Å². The molecule has 8 nitrogen and oxygen atoms in total. The Morgan fingerprint density at radius 2 is 1.83 bits per heavy atom. The fourth-order valence-electron chi connectivity index (χ4n) is 3.29. The number of morpholine rings is 1. The average molecular weight is 397 g/mol. The van der Waals surface area contributed by atoms with Gasteiger partial charge in [0.2, 0.25) is 0 Å². The first-order valence-corrected chi connectivity index (χ1v) is 9.39. The number of nitrogens with one attached hydrogen (secondary N) is 1. The van der Waals surface area contributed by atoms with Crippen LogP contribution in [0, 0.1) is 0 Å². The standard InChI is InChI=1S/C21H23N3O5/c1-26-15-9-14(10-16(11-15)27-2)13-23-21-20-17(3-4-22-21)18(25)12-19(29-20)24-5-7-28-8-6-24/h3-4,9-12H,5-8,13H2,1-2H3,(H,22,23). The smallest absolute Gasteiger partial charge is 0.200 e. The molecule has 4 rings (SSSR count). The third-order valence-corrected chi connectivity index (χ3v) is 4.83. The second kappa shape index (κ2) is 8.40. The first-order chi connectivity index (χ1) is 14.2. The van der Waals surface area contributed by atoms with Crippen molar-refractivity contribution in [3.8, 4) is 11.5 Å². The molecular weight excluding hydrogens is 374 g/mol. The third kappa shape index (κ3) is 4.12. The van der Waals surface area contributed by atoms with Crippen molar-refractivity contribution in [1.82, 2.24) is 4.98 Å². The first kappa shape index (κ1) is 19.1. The molecule has 1 aliphatic heterocycles. The predicted octanol–water partition coefficient (Wildman–Crippen LogP) is 2.65. The summed E-state index contributed by atoms with van der Waals surface area (Å²) in [5.41, 5.74) is 1.30. The van der Waals surface area contributed by atoms with Crippen LogP contribution in [-0.4, -0.2) is 45.5 Å². The van der Waals surface area contributed by atoms with E-state index in [0.29, 0.717) is 67.0 Å². The highest BCUT2D eigenvalue weighted by molar-refractivity contribution is 5.86. The lowest BCUT2D eigenvalue weighted by Gasteiger charge is -2.27. The van der Waals surface area contributed by atoms with Gasteiger partial charge in [-0.1, -0.05) is 0 Å². The Morgan fingerprint density at radius 3 is 2.52 bits per heavy atom. The van der Waals surface area contributed by atoms with Crippen molar-refractivity contribution in [3.05, 3.63) is 52.3 Å². The molecule has 0 saturated carbocycles. The summed E-state index contributed by atoms with van der Waals surface area (Å²) >= 11 is 0. The van der Waals surface area contributed by atoms with Gasteiger partial charge in [-0.05, 0) is 23.8 Å². The number of hydrogen-bond acceptors (Lipinski definition) is 8. The molecule has 152 valence electrons. The van der Waals surface area contributed by atoms with Crippen molar-refractivity contribution in [3.63, 3.8) is 0 Å². The largest absolute Gasteiger partial charge is 0.497 e. The van der Waals surface area contributed by atoms with Gasteiger partial charge in [-0.2, -0.15) is 0 Å². The number of benzene rings is 1. The van der Waals surface area contributed by atoms with E-state index >= 15 is 0 Å². The Labute approximate surface area is 168 Å². The minimum absolute atomic E-state index is 0.0961. The number of fused-ring (bicyclic) bond motifs is 1. The zero-order chi connectivity index (χ0) is 20.2. The highest BCUT2D eigenvalue weighted by Gasteiger charge is 2.17. The SMILES string of the molecule is COc1cc(CNc2nccc3c(=O)cc(N4CCOCC4)oc23)cc(OC)c1. The molecule has 2 aromatic heterocycles. The van der Waals surface area contributed by atoms with Crippen LogP contribution in [0.5, 0.6) is 11.5 Å². The van der Waals surface area contributed by atoms with Crippen molar-refractivity contribution in [1.29, 1.82) is 0 Å². The number of hydrogen-bond donors (Lipinski definition) is 1. The summed E-state index contributed by atoms with van der Waals surface area (Å²) < 4.78 is 22.1. The maximum Gasteiger partial charge on any atom is 0.200 e. The van der Waals surface area contributed by atoms with Crippen LogP contribution < -0.4 is 25.1 Å². The highest BCUT2D eigenvalue weighted by Crippen LogP contribution is 2.26. The molecule has 1 N–H and O–H groups in total. The molecule has 0 spiro atoms. The van der Waals surface area contributed by atoms with Gasteiger partial charge in [0.1, 0.15) is 11.5 Å². The van der Waals surface area contributed by atoms with Gasteiger partial charge in [0.25, 0.3) is 0 Å². The van der Waals surface area contributed by atoms with Gasteiger partial charge < -0.3 is 28.8 Å². The molecule has 3 heterocycles. The second-order valence-corrected chi connectivity index (χ2v) is 6.66. The Morgan fingerprint density at radius 1 is 1.10 bits per heavy atom. The number of nitrogens with zero attached hydrogens (tertiary/aromatic N) is 2. The summed E-state index contributed by atoms with van der Waals surface area (Å²) in [4.78, 5) is 19.0. The summed E-state index contributed by atoms with van der Waals surface area (Å²) in [6, 6.07) is 8.84. The van der Waals surface area contributed by atoms with Crippen LogP contribution in [0.1, 0.15) is 5.56 Å². The molecule has 0 unspecified atom stereocenters. The number of anilines is 2. The van der Waals surface area contributed by atoms with Gasteiger partial charge in [0.15, 0.2) is 22.7 Å². The molecule has 0 amide bonds. The number of rotatable bonds is 6. The molecule has 0 atom stereocenters. The summed E-state index contributed by atoms with van der Waals surface area (Å²) in [6.45, 7) is 3.04. The summed E-state index contributed by atoms with van der Waals surface area (Å²) in [5.74, 6) is 2.45. The van der Waals surface area contributed by atoms with Gasteiger partial charge >= 0.3 is 0 Å². The lowest BCUT2D eigenvalue weighted by atomic mass is 10.2. The van der Waals surface area contributed by atoms with Gasteiger partial charge in [-0.15, -0.1) is 0 Å². The minimum atomic E-state index is -0.0961. The van der Waals surface area contributed by atoms with Crippen LogP contribution in [0.2, 0.25) is 0 Å². The van der Waals surface area contributed by atoms with E-state index in [1.165, 1.54) is 6.07 Å². The second-order valence-electron chi connectivity index (χ2n) is 6.66. The fraction of sp³-hybridized carbons (Fsp3) is 0.333. The summed E-state index contributed by atoms with van der Waals surface area (Å²) in [7, 11) is 3.22. The quantitative estimate of drug-likeness (QED) is 0.679. The van der Waals surface area contributed by atoms with Crippen LogP contribution in [-0.2, 0) is 11.3 Å². The molecule has 1 aliphatic rings. The van der Waals surface area contributed by atoms with E-state index in [2.05, 4.69) is 10.3 Å². The van der Waals surface area contributed by atoms with Crippen molar-refractivity contribution >= 4 is 22.7 Å². The monoisotopic (exact) mass is 397 g/mol. The highest BCUT2D eigenvalue weighted by atomic mass is 16.5. The Balaban J connectivity index is 1.65. The van der Waals surface area contributed by atoms with Crippen LogP contribution in [0.25, 0.3) is 11.0 Å². The van der Waals surface area contributed by atoms with Crippen LogP contribution in [0.3, 0.4) is 0 Å². The molecule has 0 aliphatic carbocycles. The maximum atomic E-state index is 12.6. The van der Waals surface area contributed by atoms with Crippen molar-refractivity contribution < 1.29 is 18.6 Å². The molecule has 8 heteroatoms. The normalized spacial score (nSPS) is 14.1. The van der Waals surface area contributed by atoms with Crippen LogP contribution in [0.4, 0.5) is 11.7 Å². The maximum absolute atomic E-state index is 12.6. The van der Waals surface area contributed by atoms with Crippen LogP contribution in [0.15, 0.2) is 45.7 Å². The topological polar surface area (TPSA) is 86.1 Å². The zero-order valence-electron chi connectivity index (χ0n) is 16.4. The van der Waals surface area contributed by atoms with E-state index < -0.39 is 0 Å². The molecule has 0 radical (unpaired) electrons.